The van der Waals surface area contributed by atoms with Crippen molar-refractivity contribution in [3.63, 3.8) is 0 Å². The molecular weight excluding hydrogens is 465 g/mol. The summed E-state index contributed by atoms with van der Waals surface area (Å²) < 4.78 is 45.2. The van der Waals surface area contributed by atoms with E-state index in [1.54, 1.807) is 37.5 Å². The Hall–Kier alpha value is -3.44. The lowest BCUT2D eigenvalue weighted by Gasteiger charge is -2.39. The van der Waals surface area contributed by atoms with Crippen LogP contribution in [0.4, 0.5) is 18.0 Å². The number of hydrogen-bond donors (Lipinski definition) is 0. The van der Waals surface area contributed by atoms with Crippen LogP contribution in [0.5, 0.6) is 0 Å². The molecule has 0 spiro atoms. The molecule has 2 amide bonds. The van der Waals surface area contributed by atoms with E-state index < -0.39 is 23.4 Å². The van der Waals surface area contributed by atoms with Crippen molar-refractivity contribution in [2.45, 2.75) is 59.0 Å². The van der Waals surface area contributed by atoms with E-state index in [9.17, 15) is 22.8 Å². The molecular formula is C23H29F3N6O3. The second-order valence-corrected chi connectivity index (χ2v) is 9.42. The van der Waals surface area contributed by atoms with Gasteiger partial charge in [0, 0.05) is 31.8 Å². The lowest BCUT2D eigenvalue weighted by molar-refractivity contribution is -0.137. The third-order valence-corrected chi connectivity index (χ3v) is 5.30. The Labute approximate surface area is 201 Å². The lowest BCUT2D eigenvalue weighted by atomic mass is 10.0. The van der Waals surface area contributed by atoms with Gasteiger partial charge < -0.3 is 14.5 Å². The minimum absolute atomic E-state index is 0.0381. The Morgan fingerprint density at radius 2 is 1.91 bits per heavy atom. The smallest absolute Gasteiger partial charge is 0.416 e. The van der Waals surface area contributed by atoms with E-state index in [2.05, 4.69) is 15.4 Å². The fourth-order valence-corrected chi connectivity index (χ4v) is 3.66. The number of aromatic nitrogens is 4. The van der Waals surface area contributed by atoms with Crippen molar-refractivity contribution >= 4 is 18.1 Å². The largest absolute Gasteiger partial charge is 0.444 e. The molecule has 0 aliphatic carbocycles. The molecule has 0 bridgehead atoms. The summed E-state index contributed by atoms with van der Waals surface area (Å²) in [5.74, 6) is 0.0886. The van der Waals surface area contributed by atoms with Crippen LogP contribution in [-0.4, -0.2) is 73.3 Å². The number of hydrogen-bond acceptors (Lipinski definition) is 6. The normalized spacial score (nSPS) is 17.2. The first kappa shape index (κ1) is 26.2. The minimum Gasteiger partial charge on any atom is -0.444 e. The Balaban J connectivity index is 1.74. The van der Waals surface area contributed by atoms with Crippen molar-refractivity contribution in [3.05, 3.63) is 46.8 Å². The van der Waals surface area contributed by atoms with E-state index in [1.165, 1.54) is 23.0 Å². The fraction of sp³-hybridized carbons (Fsp3) is 0.522. The van der Waals surface area contributed by atoms with E-state index in [-0.39, 0.29) is 18.5 Å². The zero-order valence-electron chi connectivity index (χ0n) is 20.3. The molecule has 1 aromatic heterocycles. The zero-order chi connectivity index (χ0) is 26.0. The molecule has 12 heteroatoms. The number of piperazine rings is 1. The highest BCUT2D eigenvalue weighted by atomic mass is 19.4. The molecule has 1 aliphatic rings. The maximum Gasteiger partial charge on any atom is 0.416 e. The maximum atomic E-state index is 13.3. The van der Waals surface area contributed by atoms with E-state index in [0.717, 1.165) is 12.1 Å². The monoisotopic (exact) mass is 494 g/mol. The van der Waals surface area contributed by atoms with Crippen LogP contribution in [0, 0.1) is 6.92 Å². The molecule has 0 N–H and O–H groups in total. The summed E-state index contributed by atoms with van der Waals surface area (Å²) in [4.78, 5) is 29.6. The third kappa shape index (κ3) is 7.03. The van der Waals surface area contributed by atoms with Gasteiger partial charge in [-0.3, -0.25) is 4.79 Å². The van der Waals surface area contributed by atoms with Crippen LogP contribution in [0.2, 0.25) is 0 Å². The molecule has 9 nitrogen and oxygen atoms in total. The second-order valence-electron chi connectivity index (χ2n) is 9.42. The summed E-state index contributed by atoms with van der Waals surface area (Å²) in [6.45, 7) is 9.72. The molecule has 1 aliphatic heterocycles. The molecule has 1 fully saturated rings. The van der Waals surface area contributed by atoms with Crippen LogP contribution in [-0.2, 0) is 22.3 Å². The van der Waals surface area contributed by atoms with Crippen molar-refractivity contribution in [2.24, 2.45) is 0 Å². The molecule has 190 valence electrons. The van der Waals surface area contributed by atoms with Crippen molar-refractivity contribution in [1.29, 1.82) is 0 Å². The summed E-state index contributed by atoms with van der Waals surface area (Å²) in [6.07, 6.45) is -2.14. The van der Waals surface area contributed by atoms with Gasteiger partial charge in [0.1, 0.15) is 5.60 Å². The number of ether oxygens (including phenoxy) is 1. The molecule has 0 saturated carbocycles. The van der Waals surface area contributed by atoms with Gasteiger partial charge in [-0.05, 0) is 69.2 Å². The van der Waals surface area contributed by atoms with Crippen molar-refractivity contribution < 1.29 is 27.5 Å². The predicted molar refractivity (Wildman–Crippen MR) is 121 cm³/mol. The number of rotatable bonds is 4. The molecule has 0 radical (unpaired) electrons. The molecule has 1 atom stereocenters. The highest BCUT2D eigenvalue weighted by Gasteiger charge is 2.32. The van der Waals surface area contributed by atoms with E-state index in [4.69, 9.17) is 4.74 Å². The van der Waals surface area contributed by atoms with E-state index in [1.807, 2.05) is 6.92 Å². The number of alkyl halides is 3. The number of aryl methyl sites for hydroxylation is 1. The summed E-state index contributed by atoms with van der Waals surface area (Å²) in [7, 11) is 0. The molecule has 3 rings (SSSR count). The van der Waals surface area contributed by atoms with Crippen molar-refractivity contribution in [2.75, 3.05) is 19.6 Å². The fourth-order valence-electron chi connectivity index (χ4n) is 3.66. The first-order valence-corrected chi connectivity index (χ1v) is 11.1. The third-order valence-electron chi connectivity index (χ3n) is 5.30. The van der Waals surface area contributed by atoms with Gasteiger partial charge in [0.05, 0.1) is 12.1 Å². The topological polar surface area (TPSA) is 93.5 Å². The quantitative estimate of drug-likeness (QED) is 0.604. The SMILES string of the molecule is Cc1nnn(Cc2cc(C(F)(F)F)ccc2C=CC(=O)N2CCN(C(=O)OC(C)(C)C)CC2C)n1. The number of tetrazole rings is 1. The number of amides is 2. The zero-order valence-corrected chi connectivity index (χ0v) is 20.3. The van der Waals surface area contributed by atoms with Crippen LogP contribution in [0.15, 0.2) is 24.3 Å². The highest BCUT2D eigenvalue weighted by Crippen LogP contribution is 2.31. The minimum atomic E-state index is -4.51. The molecule has 2 aromatic rings. The average Bonchev–Trinajstić information content (AvgIpc) is 3.15. The molecule has 35 heavy (non-hydrogen) atoms. The summed E-state index contributed by atoms with van der Waals surface area (Å²) in [5.41, 5.74) is -0.694. The van der Waals surface area contributed by atoms with Gasteiger partial charge in [-0.25, -0.2) is 4.79 Å². The van der Waals surface area contributed by atoms with E-state index >= 15 is 0 Å². The van der Waals surface area contributed by atoms with Crippen LogP contribution in [0.1, 0.15) is 50.2 Å². The maximum absolute atomic E-state index is 13.3. The number of nitrogens with zero attached hydrogens (tertiary/aromatic N) is 6. The Morgan fingerprint density at radius 3 is 2.49 bits per heavy atom. The highest BCUT2D eigenvalue weighted by molar-refractivity contribution is 5.92. The second kappa shape index (κ2) is 10.0. The first-order chi connectivity index (χ1) is 16.2. The van der Waals surface area contributed by atoms with Gasteiger partial charge in [0.15, 0.2) is 5.82 Å². The predicted octanol–water partition coefficient (Wildman–Crippen LogP) is 3.53. The van der Waals surface area contributed by atoms with E-state index in [0.29, 0.717) is 36.6 Å². The number of benzene rings is 1. The number of carbonyl (C=O) groups excluding carboxylic acids is 2. The standard InChI is InChI=1S/C23H29F3N6O3/c1-15-13-30(21(34)35-22(3,4)5)10-11-31(15)20(33)9-7-17-6-8-19(23(24,25)26)12-18(17)14-32-28-16(2)27-29-32/h6-9,12,15H,10-11,13-14H2,1-5H3. The number of carbonyl (C=O) groups is 2. The van der Waals surface area contributed by atoms with Gasteiger partial charge in [-0.1, -0.05) is 6.07 Å². The molecule has 2 heterocycles. The lowest BCUT2D eigenvalue weighted by Crippen LogP contribution is -2.55. The summed E-state index contributed by atoms with van der Waals surface area (Å²) >= 11 is 0. The van der Waals surface area contributed by atoms with Crippen LogP contribution < -0.4 is 0 Å². The number of halogens is 3. The molecule has 1 saturated heterocycles. The average molecular weight is 495 g/mol. The van der Waals surface area contributed by atoms with Gasteiger partial charge >= 0.3 is 12.3 Å². The van der Waals surface area contributed by atoms with Gasteiger partial charge in [0.2, 0.25) is 5.91 Å². The van der Waals surface area contributed by atoms with Crippen molar-refractivity contribution in [1.82, 2.24) is 30.0 Å². The Bertz CT molecular complexity index is 1110. The van der Waals surface area contributed by atoms with Gasteiger partial charge in [0.25, 0.3) is 0 Å². The van der Waals surface area contributed by atoms with Gasteiger partial charge in [-0.15, -0.1) is 10.2 Å². The molecule has 1 unspecified atom stereocenters. The molecule has 1 aromatic carbocycles. The Morgan fingerprint density at radius 1 is 1.20 bits per heavy atom. The van der Waals surface area contributed by atoms with Crippen LogP contribution in [0.25, 0.3) is 6.08 Å². The van der Waals surface area contributed by atoms with Crippen LogP contribution in [0.3, 0.4) is 0 Å². The summed E-state index contributed by atoms with van der Waals surface area (Å²) in [5, 5.41) is 11.6. The first-order valence-electron chi connectivity index (χ1n) is 11.1. The Kier molecular flexibility index (Phi) is 7.51. The summed E-state index contributed by atoms with van der Waals surface area (Å²) in [6, 6.07) is 3.04. The van der Waals surface area contributed by atoms with Crippen molar-refractivity contribution in [3.8, 4) is 0 Å². The van der Waals surface area contributed by atoms with Gasteiger partial charge in [-0.2, -0.15) is 18.0 Å². The van der Waals surface area contributed by atoms with Crippen LogP contribution >= 0.6 is 0 Å².